The van der Waals surface area contributed by atoms with Gasteiger partial charge in [0.1, 0.15) is 6.61 Å². The highest BCUT2D eigenvalue weighted by Crippen LogP contribution is 2.21. The van der Waals surface area contributed by atoms with Gasteiger partial charge in [-0.25, -0.2) is 0 Å². The highest BCUT2D eigenvalue weighted by Gasteiger charge is 2.25. The summed E-state index contributed by atoms with van der Waals surface area (Å²) in [5.74, 6) is -0.365. The molecule has 0 heterocycles. The average molecular weight is 236 g/mol. The Bertz CT molecular complexity index is 351. The van der Waals surface area contributed by atoms with Crippen molar-refractivity contribution in [2.24, 2.45) is 5.41 Å². The molecule has 0 aromatic heterocycles. The lowest BCUT2D eigenvalue weighted by Crippen LogP contribution is -2.29. The highest BCUT2D eigenvalue weighted by molar-refractivity contribution is 5.70. The Hall–Kier alpha value is -1.35. The lowest BCUT2D eigenvalue weighted by molar-refractivity contribution is -0.148. The molecule has 0 saturated carbocycles. The van der Waals surface area contributed by atoms with Gasteiger partial charge in [0.25, 0.3) is 0 Å². The van der Waals surface area contributed by atoms with Gasteiger partial charge >= 0.3 is 5.97 Å². The van der Waals surface area contributed by atoms with Crippen LogP contribution in [0.25, 0.3) is 0 Å². The first-order chi connectivity index (χ1) is 7.89. The molecule has 0 aliphatic heterocycles. The van der Waals surface area contributed by atoms with Crippen molar-refractivity contribution in [1.29, 1.82) is 0 Å². The quantitative estimate of drug-likeness (QED) is 0.817. The van der Waals surface area contributed by atoms with Gasteiger partial charge in [-0.05, 0) is 11.0 Å². The van der Waals surface area contributed by atoms with E-state index in [9.17, 15) is 9.90 Å². The Morgan fingerprint density at radius 1 is 1.29 bits per heavy atom. The van der Waals surface area contributed by atoms with E-state index in [4.69, 9.17) is 4.74 Å². The lowest BCUT2D eigenvalue weighted by Gasteiger charge is -2.24. The fourth-order valence-corrected chi connectivity index (χ4v) is 1.26. The summed E-state index contributed by atoms with van der Waals surface area (Å²) in [4.78, 5) is 11.5. The van der Waals surface area contributed by atoms with E-state index in [1.54, 1.807) is 0 Å². The summed E-state index contributed by atoms with van der Waals surface area (Å²) in [7, 11) is 0. The molecule has 0 spiro atoms. The molecular weight excluding hydrogens is 216 g/mol. The van der Waals surface area contributed by atoms with Crippen molar-refractivity contribution in [2.75, 3.05) is 0 Å². The first-order valence-electron chi connectivity index (χ1n) is 5.77. The summed E-state index contributed by atoms with van der Waals surface area (Å²) < 4.78 is 5.09. The standard InChI is InChI=1S/C14H20O3/c1-14(2,3)12(15)9-13(16)17-10-11-7-5-4-6-8-11/h4-8,12,15H,9-10H2,1-3H3/t12-/m1/s1. The van der Waals surface area contributed by atoms with Crippen molar-refractivity contribution in [3.63, 3.8) is 0 Å². The number of carbonyl (C=O) groups excluding carboxylic acids is 1. The van der Waals surface area contributed by atoms with E-state index in [2.05, 4.69) is 0 Å². The van der Waals surface area contributed by atoms with Crippen LogP contribution in [0, 0.1) is 5.41 Å². The Kier molecular flexibility index (Phi) is 4.70. The van der Waals surface area contributed by atoms with Crippen molar-refractivity contribution >= 4 is 5.97 Å². The minimum atomic E-state index is -0.675. The molecule has 94 valence electrons. The van der Waals surface area contributed by atoms with Crippen molar-refractivity contribution in [3.8, 4) is 0 Å². The molecule has 0 fully saturated rings. The number of hydrogen-bond acceptors (Lipinski definition) is 3. The summed E-state index contributed by atoms with van der Waals surface area (Å²) in [5, 5.41) is 9.75. The van der Waals surface area contributed by atoms with Crippen LogP contribution in [0.3, 0.4) is 0 Å². The smallest absolute Gasteiger partial charge is 0.308 e. The van der Waals surface area contributed by atoms with Gasteiger partial charge in [0.15, 0.2) is 0 Å². The molecule has 0 aliphatic carbocycles. The second-order valence-electron chi connectivity index (χ2n) is 5.23. The third-order valence-electron chi connectivity index (χ3n) is 2.60. The summed E-state index contributed by atoms with van der Waals surface area (Å²) in [6, 6.07) is 9.50. The van der Waals surface area contributed by atoms with Crippen LogP contribution in [-0.4, -0.2) is 17.2 Å². The first-order valence-corrected chi connectivity index (χ1v) is 5.77. The third kappa shape index (κ3) is 5.00. The van der Waals surface area contributed by atoms with Gasteiger partial charge in [0.2, 0.25) is 0 Å². The number of carbonyl (C=O) groups is 1. The summed E-state index contributed by atoms with van der Waals surface area (Å²) >= 11 is 0. The maximum absolute atomic E-state index is 11.5. The van der Waals surface area contributed by atoms with Gasteiger partial charge in [-0.15, -0.1) is 0 Å². The lowest BCUT2D eigenvalue weighted by atomic mass is 9.87. The Morgan fingerprint density at radius 2 is 1.88 bits per heavy atom. The van der Waals surface area contributed by atoms with Gasteiger partial charge in [-0.2, -0.15) is 0 Å². The maximum Gasteiger partial charge on any atom is 0.308 e. The topological polar surface area (TPSA) is 46.5 Å². The van der Waals surface area contributed by atoms with E-state index < -0.39 is 6.10 Å². The zero-order valence-corrected chi connectivity index (χ0v) is 10.6. The zero-order valence-electron chi connectivity index (χ0n) is 10.6. The zero-order chi connectivity index (χ0) is 12.9. The second kappa shape index (κ2) is 5.82. The fourth-order valence-electron chi connectivity index (χ4n) is 1.26. The number of rotatable bonds is 4. The highest BCUT2D eigenvalue weighted by atomic mass is 16.5. The molecule has 1 atom stereocenters. The van der Waals surface area contributed by atoms with Gasteiger partial charge in [0, 0.05) is 0 Å². The second-order valence-corrected chi connectivity index (χ2v) is 5.23. The van der Waals surface area contributed by atoms with Crippen LogP contribution in [-0.2, 0) is 16.1 Å². The largest absolute Gasteiger partial charge is 0.461 e. The van der Waals surface area contributed by atoms with Crippen LogP contribution < -0.4 is 0 Å². The monoisotopic (exact) mass is 236 g/mol. The molecule has 0 saturated heterocycles. The van der Waals surface area contributed by atoms with Crippen LogP contribution >= 0.6 is 0 Å². The molecule has 0 unspecified atom stereocenters. The summed E-state index contributed by atoms with van der Waals surface area (Å²) in [6.07, 6.45) is -0.637. The van der Waals surface area contributed by atoms with Crippen LogP contribution in [0.4, 0.5) is 0 Å². The number of hydrogen-bond donors (Lipinski definition) is 1. The minimum Gasteiger partial charge on any atom is -0.461 e. The van der Waals surface area contributed by atoms with E-state index in [0.29, 0.717) is 0 Å². The van der Waals surface area contributed by atoms with Gasteiger partial charge in [-0.1, -0.05) is 51.1 Å². The van der Waals surface area contributed by atoms with Crippen molar-refractivity contribution in [2.45, 2.75) is 39.9 Å². The molecule has 0 amide bonds. The van der Waals surface area contributed by atoms with Crippen LogP contribution in [0.5, 0.6) is 0 Å². The minimum absolute atomic E-state index is 0.0380. The van der Waals surface area contributed by atoms with Crippen molar-refractivity contribution in [1.82, 2.24) is 0 Å². The number of esters is 1. The number of benzene rings is 1. The predicted molar refractivity (Wildman–Crippen MR) is 66.3 cm³/mol. The van der Waals surface area contributed by atoms with E-state index >= 15 is 0 Å². The molecule has 0 bridgehead atoms. The molecule has 1 aromatic rings. The normalized spacial score (nSPS) is 13.2. The summed E-state index contributed by atoms with van der Waals surface area (Å²) in [5.41, 5.74) is 0.650. The Morgan fingerprint density at radius 3 is 2.41 bits per heavy atom. The van der Waals surface area contributed by atoms with E-state index in [1.165, 1.54) is 0 Å². The molecule has 17 heavy (non-hydrogen) atoms. The van der Waals surface area contributed by atoms with Crippen LogP contribution in [0.1, 0.15) is 32.8 Å². The predicted octanol–water partition coefficient (Wildman–Crippen LogP) is 2.53. The number of aliphatic hydroxyl groups excluding tert-OH is 1. The fraction of sp³-hybridized carbons (Fsp3) is 0.500. The van der Waals surface area contributed by atoms with Gasteiger partial charge in [0.05, 0.1) is 12.5 Å². The van der Waals surface area contributed by atoms with Crippen LogP contribution in [0.2, 0.25) is 0 Å². The maximum atomic E-state index is 11.5. The molecule has 1 aromatic carbocycles. The Labute approximate surface area is 102 Å². The molecule has 1 rings (SSSR count). The third-order valence-corrected chi connectivity index (χ3v) is 2.60. The molecule has 3 nitrogen and oxygen atoms in total. The molecular formula is C14H20O3. The first kappa shape index (κ1) is 13.7. The molecule has 3 heteroatoms. The Balaban J connectivity index is 2.36. The van der Waals surface area contributed by atoms with Gasteiger partial charge < -0.3 is 9.84 Å². The van der Waals surface area contributed by atoms with E-state index in [1.807, 2.05) is 51.1 Å². The van der Waals surface area contributed by atoms with Crippen molar-refractivity contribution in [3.05, 3.63) is 35.9 Å². The average Bonchev–Trinajstić information content (AvgIpc) is 2.26. The molecule has 0 aliphatic rings. The van der Waals surface area contributed by atoms with Crippen LogP contribution in [0.15, 0.2) is 30.3 Å². The van der Waals surface area contributed by atoms with E-state index in [0.717, 1.165) is 5.56 Å². The number of ether oxygens (including phenoxy) is 1. The molecule has 0 radical (unpaired) electrons. The SMILES string of the molecule is CC(C)(C)[C@H](O)CC(=O)OCc1ccccc1. The number of aliphatic hydroxyl groups is 1. The molecule has 1 N–H and O–H groups in total. The summed E-state index contributed by atoms with van der Waals surface area (Å²) in [6.45, 7) is 5.93. The van der Waals surface area contributed by atoms with Gasteiger partial charge in [-0.3, -0.25) is 4.79 Å². The van der Waals surface area contributed by atoms with E-state index in [-0.39, 0.29) is 24.4 Å². The van der Waals surface area contributed by atoms with Crippen molar-refractivity contribution < 1.29 is 14.6 Å².